The molecule has 40 heavy (non-hydrogen) atoms. The molecule has 1 aromatic heterocycles. The number of hydrogen-bond acceptors (Lipinski definition) is 9. The second-order valence-corrected chi connectivity index (χ2v) is 10.5. The van der Waals surface area contributed by atoms with Crippen LogP contribution >= 0.6 is 0 Å². The van der Waals surface area contributed by atoms with Crippen molar-refractivity contribution >= 4 is 30.9 Å². The number of rotatable bonds is 9. The van der Waals surface area contributed by atoms with Gasteiger partial charge in [0.1, 0.15) is 23.8 Å². The number of aromatic nitrogens is 1. The number of hydrogen-bond donors (Lipinski definition) is 3. The van der Waals surface area contributed by atoms with Crippen molar-refractivity contribution in [1.82, 2.24) is 20.5 Å². The van der Waals surface area contributed by atoms with Gasteiger partial charge in [0, 0.05) is 5.56 Å². The predicted molar refractivity (Wildman–Crippen MR) is 149 cm³/mol. The van der Waals surface area contributed by atoms with Gasteiger partial charge in [-0.1, -0.05) is 50.2 Å². The summed E-state index contributed by atoms with van der Waals surface area (Å²) in [6.07, 6.45) is -0.992. The molecule has 1 aromatic carbocycles. The molecule has 0 saturated carbocycles. The van der Waals surface area contributed by atoms with Gasteiger partial charge in [0.05, 0.1) is 17.7 Å². The zero-order valence-electron chi connectivity index (χ0n) is 23.7. The van der Waals surface area contributed by atoms with Crippen molar-refractivity contribution < 1.29 is 33.6 Å². The van der Waals surface area contributed by atoms with Gasteiger partial charge < -0.3 is 25.0 Å². The van der Waals surface area contributed by atoms with Gasteiger partial charge in [0.25, 0.3) is 5.91 Å². The average molecular weight is 552 g/mol. The first-order valence-electron chi connectivity index (χ1n) is 13.3. The van der Waals surface area contributed by atoms with Crippen molar-refractivity contribution in [2.75, 3.05) is 7.05 Å². The molecule has 3 rings (SSSR count). The number of nitrogens with zero attached hydrogens (tertiary/aromatic N) is 2. The second kappa shape index (κ2) is 13.5. The first-order chi connectivity index (χ1) is 18.9. The Bertz CT molecular complexity index is 1190. The Morgan fingerprint density at radius 1 is 0.975 bits per heavy atom. The van der Waals surface area contributed by atoms with Gasteiger partial charge in [-0.2, -0.15) is 0 Å². The maximum Gasteiger partial charge on any atom is 0.622 e. The standard InChI is InChI=1S/C28H37BN4O7/c1-16(2)15-23(29-39-27(37)17(3)33(6)18(4)28(38)40-29)31-26(36)24(19(5)34)32-25(35)22-14-10-13-21(30-22)20-11-8-7-9-12-20/h7-14,16-19,23-24,34H,15H2,1-6H3,(H,31,36)(H,32,35)/t17-,18+,19-,23+,24+/m1/s1. The van der Waals surface area contributed by atoms with Crippen LogP contribution in [0.1, 0.15) is 51.5 Å². The first-order valence-corrected chi connectivity index (χ1v) is 13.3. The van der Waals surface area contributed by atoms with Crippen LogP contribution in [0.5, 0.6) is 0 Å². The largest absolute Gasteiger partial charge is 0.622 e. The van der Waals surface area contributed by atoms with Gasteiger partial charge in [0.15, 0.2) is 0 Å². The molecule has 1 fully saturated rings. The molecule has 12 heteroatoms. The highest BCUT2D eigenvalue weighted by atomic mass is 16.6. The van der Waals surface area contributed by atoms with E-state index in [-0.39, 0.29) is 18.0 Å². The lowest BCUT2D eigenvalue weighted by atomic mass is 9.73. The van der Waals surface area contributed by atoms with E-state index in [2.05, 4.69) is 15.6 Å². The number of nitrogens with one attached hydrogen (secondary N) is 2. The average Bonchev–Trinajstić information content (AvgIpc) is 2.93. The third kappa shape index (κ3) is 7.67. The van der Waals surface area contributed by atoms with Crippen LogP contribution in [-0.4, -0.2) is 83.1 Å². The second-order valence-electron chi connectivity index (χ2n) is 10.5. The van der Waals surface area contributed by atoms with E-state index >= 15 is 0 Å². The Kier molecular flexibility index (Phi) is 10.4. The van der Waals surface area contributed by atoms with Gasteiger partial charge in [-0.3, -0.25) is 24.1 Å². The van der Waals surface area contributed by atoms with Gasteiger partial charge in [-0.05, 0) is 52.3 Å². The fourth-order valence-electron chi connectivity index (χ4n) is 4.25. The number of carbonyl (C=O) groups is 4. The van der Waals surface area contributed by atoms with E-state index in [4.69, 9.17) is 9.31 Å². The summed E-state index contributed by atoms with van der Waals surface area (Å²) in [5, 5.41) is 15.7. The van der Waals surface area contributed by atoms with Gasteiger partial charge in [0.2, 0.25) is 5.91 Å². The SMILES string of the molecule is CC(C)C[C@H](NC(=O)[C@@H](NC(=O)c1cccc(-c2ccccc2)n1)[C@@H](C)O)B1OC(=O)[C@@H](C)N(C)[C@@H](C)C(=O)O1. The number of carbonyl (C=O) groups excluding carboxylic acids is 4. The van der Waals surface area contributed by atoms with Gasteiger partial charge >= 0.3 is 19.1 Å². The topological polar surface area (TPSA) is 147 Å². The normalized spacial score (nSPS) is 20.4. The number of likely N-dealkylation sites (N-methyl/N-ethyl adjacent to an activating group) is 1. The third-order valence-corrected chi connectivity index (χ3v) is 6.85. The molecular formula is C28H37BN4O7. The number of aliphatic hydroxyl groups excluding tert-OH is 1. The fraction of sp³-hybridized carbons (Fsp3) is 0.464. The Balaban J connectivity index is 1.80. The highest BCUT2D eigenvalue weighted by Crippen LogP contribution is 2.18. The van der Waals surface area contributed by atoms with E-state index in [1.165, 1.54) is 17.9 Å². The molecule has 1 saturated heterocycles. The molecule has 0 bridgehead atoms. The third-order valence-electron chi connectivity index (χ3n) is 6.85. The zero-order valence-corrected chi connectivity index (χ0v) is 23.7. The van der Waals surface area contributed by atoms with Crippen LogP contribution in [0.25, 0.3) is 11.3 Å². The molecule has 3 N–H and O–H groups in total. The molecule has 1 aliphatic heterocycles. The summed E-state index contributed by atoms with van der Waals surface area (Å²) in [6.45, 7) is 8.38. The van der Waals surface area contributed by atoms with E-state index in [9.17, 15) is 24.3 Å². The number of aliphatic hydroxyl groups is 1. The Labute approximate surface area is 234 Å². The van der Waals surface area contributed by atoms with Crippen LogP contribution in [-0.2, 0) is 23.7 Å². The minimum Gasteiger partial charge on any atom is -0.497 e. The highest BCUT2D eigenvalue weighted by Gasteiger charge is 2.45. The molecule has 214 valence electrons. The van der Waals surface area contributed by atoms with Crippen molar-refractivity contribution in [1.29, 1.82) is 0 Å². The zero-order chi connectivity index (χ0) is 29.6. The molecule has 5 atom stereocenters. The summed E-state index contributed by atoms with van der Waals surface area (Å²) < 4.78 is 11.0. The summed E-state index contributed by atoms with van der Waals surface area (Å²) >= 11 is 0. The van der Waals surface area contributed by atoms with Crippen LogP contribution in [0.3, 0.4) is 0 Å². The minimum atomic E-state index is -1.39. The fourth-order valence-corrected chi connectivity index (χ4v) is 4.25. The quantitative estimate of drug-likeness (QED) is 0.395. The van der Waals surface area contributed by atoms with Gasteiger partial charge in [-0.15, -0.1) is 0 Å². The Morgan fingerprint density at radius 3 is 2.12 bits per heavy atom. The van der Waals surface area contributed by atoms with E-state index in [0.29, 0.717) is 5.69 Å². The van der Waals surface area contributed by atoms with E-state index in [1.807, 2.05) is 44.2 Å². The number of pyridine rings is 1. The van der Waals surface area contributed by atoms with E-state index in [0.717, 1.165) is 5.56 Å². The lowest BCUT2D eigenvalue weighted by molar-refractivity contribution is -0.153. The molecule has 0 radical (unpaired) electrons. The Hall–Kier alpha value is -3.77. The number of amides is 2. The molecule has 0 spiro atoms. The van der Waals surface area contributed by atoms with Crippen molar-refractivity contribution in [2.45, 2.75) is 71.2 Å². The molecule has 2 amide bonds. The maximum atomic E-state index is 13.4. The van der Waals surface area contributed by atoms with Crippen LogP contribution in [0.2, 0.25) is 0 Å². The van der Waals surface area contributed by atoms with Crippen molar-refractivity contribution in [3.8, 4) is 11.3 Å². The minimum absolute atomic E-state index is 0.00943. The van der Waals surface area contributed by atoms with Crippen LogP contribution in [0.4, 0.5) is 0 Å². The highest BCUT2D eigenvalue weighted by molar-refractivity contribution is 6.51. The smallest absolute Gasteiger partial charge is 0.497 e. The van der Waals surface area contributed by atoms with Crippen molar-refractivity contribution in [3.63, 3.8) is 0 Å². The molecule has 0 aliphatic carbocycles. The summed E-state index contributed by atoms with van der Waals surface area (Å²) in [5.74, 6) is -3.54. The van der Waals surface area contributed by atoms with Crippen molar-refractivity contribution in [2.24, 2.45) is 5.92 Å². The van der Waals surface area contributed by atoms with E-state index < -0.39 is 61.0 Å². The molecular weight excluding hydrogens is 515 g/mol. The lowest BCUT2D eigenvalue weighted by Gasteiger charge is -2.35. The molecule has 1 aliphatic rings. The first kappa shape index (κ1) is 30.8. The lowest BCUT2D eigenvalue weighted by Crippen LogP contribution is -2.61. The summed E-state index contributed by atoms with van der Waals surface area (Å²) in [6, 6.07) is 11.4. The molecule has 0 unspecified atom stereocenters. The van der Waals surface area contributed by atoms with Crippen LogP contribution in [0, 0.1) is 5.92 Å². The Morgan fingerprint density at radius 2 is 1.57 bits per heavy atom. The van der Waals surface area contributed by atoms with Gasteiger partial charge in [-0.25, -0.2) is 4.98 Å². The molecule has 2 aromatic rings. The number of benzene rings is 1. The predicted octanol–water partition coefficient (Wildman–Crippen LogP) is 1.59. The summed E-state index contributed by atoms with van der Waals surface area (Å²) in [5.41, 5.74) is 1.45. The van der Waals surface area contributed by atoms with Crippen LogP contribution in [0.15, 0.2) is 48.5 Å². The maximum absolute atomic E-state index is 13.4. The molecule has 11 nitrogen and oxygen atoms in total. The van der Waals surface area contributed by atoms with E-state index in [1.54, 1.807) is 33.0 Å². The monoisotopic (exact) mass is 552 g/mol. The summed E-state index contributed by atoms with van der Waals surface area (Å²) in [4.78, 5) is 57.8. The van der Waals surface area contributed by atoms with Crippen molar-refractivity contribution in [3.05, 3.63) is 54.2 Å². The molecule has 2 heterocycles. The van der Waals surface area contributed by atoms with Crippen LogP contribution < -0.4 is 10.6 Å². The summed E-state index contributed by atoms with van der Waals surface area (Å²) in [7, 11) is 0.228.